The van der Waals surface area contributed by atoms with Gasteiger partial charge in [-0.3, -0.25) is 0 Å². The summed E-state index contributed by atoms with van der Waals surface area (Å²) < 4.78 is 0. The second-order valence-corrected chi connectivity index (χ2v) is 3.30. The molecule has 1 rings (SSSR count). The number of nitrogens with two attached hydrogens (primary N) is 1. The summed E-state index contributed by atoms with van der Waals surface area (Å²) in [5.74, 6) is 0. The zero-order valence-electron chi connectivity index (χ0n) is 6.55. The fourth-order valence-electron chi connectivity index (χ4n) is 0.871. The first-order chi connectivity index (χ1) is 5.11. The molecule has 68 valence electrons. The Morgan fingerprint density at radius 2 is 1.92 bits per heavy atom. The lowest BCUT2D eigenvalue weighted by Gasteiger charge is -2.07. The van der Waals surface area contributed by atoms with Gasteiger partial charge in [0.25, 0.3) is 0 Å². The lowest BCUT2D eigenvalue weighted by atomic mass is 10.1. The molecular weight excluding hydrogens is 216 g/mol. The van der Waals surface area contributed by atoms with Gasteiger partial charge in [-0.1, -0.05) is 29.3 Å². The van der Waals surface area contributed by atoms with Crippen molar-refractivity contribution in [1.29, 1.82) is 0 Å². The van der Waals surface area contributed by atoms with Gasteiger partial charge in [0.2, 0.25) is 0 Å². The quantitative estimate of drug-likeness (QED) is 0.780. The molecule has 0 aromatic heterocycles. The average Bonchev–Trinajstić information content (AvgIpc) is 1.85. The predicted molar refractivity (Wildman–Crippen MR) is 56.3 cm³/mol. The summed E-state index contributed by atoms with van der Waals surface area (Å²) in [6.45, 7) is 1.88. The van der Waals surface area contributed by atoms with E-state index in [0.29, 0.717) is 10.0 Å². The van der Waals surface area contributed by atoms with Crippen LogP contribution in [0.1, 0.15) is 18.5 Å². The number of rotatable bonds is 1. The molecule has 0 saturated carbocycles. The number of hydrogen-bond donors (Lipinski definition) is 1. The van der Waals surface area contributed by atoms with Gasteiger partial charge in [0.15, 0.2) is 0 Å². The average molecular weight is 227 g/mol. The molecule has 12 heavy (non-hydrogen) atoms. The molecule has 0 radical (unpaired) electrons. The number of hydrogen-bond acceptors (Lipinski definition) is 1. The normalized spacial score (nSPS) is 12.0. The summed E-state index contributed by atoms with van der Waals surface area (Å²) in [5, 5.41) is 1.27. The Labute approximate surface area is 88.3 Å². The van der Waals surface area contributed by atoms with Crippen molar-refractivity contribution in [2.75, 3.05) is 0 Å². The maximum atomic E-state index is 5.86. The largest absolute Gasteiger partial charge is 0.324 e. The molecule has 0 bridgehead atoms. The Balaban J connectivity index is 0.00000121. The van der Waals surface area contributed by atoms with Gasteiger partial charge in [-0.2, -0.15) is 0 Å². The van der Waals surface area contributed by atoms with E-state index in [4.69, 9.17) is 28.9 Å². The molecule has 0 saturated heterocycles. The van der Waals surface area contributed by atoms with E-state index in [2.05, 4.69) is 0 Å². The van der Waals surface area contributed by atoms with Crippen LogP contribution in [0.25, 0.3) is 0 Å². The molecule has 0 heterocycles. The minimum atomic E-state index is -0.0419. The van der Waals surface area contributed by atoms with E-state index in [-0.39, 0.29) is 18.4 Å². The Kier molecular flexibility index (Phi) is 4.95. The van der Waals surface area contributed by atoms with Crippen LogP contribution in [0.3, 0.4) is 0 Å². The van der Waals surface area contributed by atoms with Crippen LogP contribution >= 0.6 is 35.6 Å². The topological polar surface area (TPSA) is 26.0 Å². The van der Waals surface area contributed by atoms with Crippen LogP contribution in [-0.2, 0) is 0 Å². The van der Waals surface area contributed by atoms with Crippen LogP contribution in [0.15, 0.2) is 18.2 Å². The zero-order valence-corrected chi connectivity index (χ0v) is 8.88. The van der Waals surface area contributed by atoms with Crippen LogP contribution in [0.4, 0.5) is 0 Å². The van der Waals surface area contributed by atoms with Crippen molar-refractivity contribution in [2.24, 2.45) is 5.73 Å². The predicted octanol–water partition coefficient (Wildman–Crippen LogP) is 3.43. The third-order valence-corrected chi connectivity index (χ3v) is 2.02. The lowest BCUT2D eigenvalue weighted by molar-refractivity contribution is 0.818. The van der Waals surface area contributed by atoms with E-state index in [0.717, 1.165) is 5.56 Å². The molecule has 1 aromatic rings. The van der Waals surface area contributed by atoms with Crippen molar-refractivity contribution in [3.05, 3.63) is 33.8 Å². The highest BCUT2D eigenvalue weighted by atomic mass is 35.5. The smallest absolute Gasteiger partial charge is 0.0468 e. The highest BCUT2D eigenvalue weighted by molar-refractivity contribution is 6.35. The molecule has 2 N–H and O–H groups in total. The van der Waals surface area contributed by atoms with Crippen molar-refractivity contribution in [3.8, 4) is 0 Å². The second kappa shape index (κ2) is 4.93. The molecule has 1 nitrogen and oxygen atoms in total. The van der Waals surface area contributed by atoms with Crippen molar-refractivity contribution in [1.82, 2.24) is 0 Å². The fraction of sp³-hybridized carbons (Fsp3) is 0.250. The summed E-state index contributed by atoms with van der Waals surface area (Å²) in [5.41, 5.74) is 6.56. The summed E-state index contributed by atoms with van der Waals surface area (Å²) in [4.78, 5) is 0. The van der Waals surface area contributed by atoms with Crippen LogP contribution in [0.5, 0.6) is 0 Å². The van der Waals surface area contributed by atoms with Gasteiger partial charge in [-0.25, -0.2) is 0 Å². The molecule has 0 aliphatic heterocycles. The van der Waals surface area contributed by atoms with Gasteiger partial charge < -0.3 is 5.73 Å². The molecule has 0 spiro atoms. The Hall–Kier alpha value is 0.0500. The van der Waals surface area contributed by atoms with Crippen molar-refractivity contribution in [3.63, 3.8) is 0 Å². The summed E-state index contributed by atoms with van der Waals surface area (Å²) in [7, 11) is 0. The minimum Gasteiger partial charge on any atom is -0.324 e. The third-order valence-electron chi connectivity index (χ3n) is 1.45. The van der Waals surface area contributed by atoms with Crippen LogP contribution < -0.4 is 5.73 Å². The first-order valence-electron chi connectivity index (χ1n) is 3.32. The summed E-state index contributed by atoms with van der Waals surface area (Å²) >= 11 is 11.6. The van der Waals surface area contributed by atoms with E-state index in [1.54, 1.807) is 12.1 Å². The van der Waals surface area contributed by atoms with E-state index < -0.39 is 0 Å². The van der Waals surface area contributed by atoms with Crippen molar-refractivity contribution >= 4 is 35.6 Å². The van der Waals surface area contributed by atoms with E-state index in [1.165, 1.54) is 0 Å². The maximum absolute atomic E-state index is 5.86. The first-order valence-corrected chi connectivity index (χ1v) is 4.07. The first kappa shape index (κ1) is 12.0. The molecule has 1 atom stereocenters. The lowest BCUT2D eigenvalue weighted by Crippen LogP contribution is -2.05. The third kappa shape index (κ3) is 2.83. The number of halogens is 3. The van der Waals surface area contributed by atoms with Crippen LogP contribution in [-0.4, -0.2) is 0 Å². The SMILES string of the molecule is CC(N)c1ccc(Cl)cc1Cl.Cl. The van der Waals surface area contributed by atoms with Crippen LogP contribution in [0.2, 0.25) is 10.0 Å². The second-order valence-electron chi connectivity index (χ2n) is 2.45. The molecule has 0 amide bonds. The molecule has 0 aliphatic rings. The van der Waals surface area contributed by atoms with E-state index in [9.17, 15) is 0 Å². The molecule has 0 aliphatic carbocycles. The molecule has 4 heteroatoms. The molecule has 1 aromatic carbocycles. The highest BCUT2D eigenvalue weighted by Gasteiger charge is 2.04. The monoisotopic (exact) mass is 225 g/mol. The Bertz CT molecular complexity index is 260. The van der Waals surface area contributed by atoms with Gasteiger partial charge in [-0.15, -0.1) is 12.4 Å². The van der Waals surface area contributed by atoms with E-state index in [1.807, 2.05) is 13.0 Å². The van der Waals surface area contributed by atoms with E-state index >= 15 is 0 Å². The Morgan fingerprint density at radius 1 is 1.33 bits per heavy atom. The minimum absolute atomic E-state index is 0. The number of benzene rings is 1. The summed E-state index contributed by atoms with van der Waals surface area (Å²) in [6.07, 6.45) is 0. The fourth-order valence-corrected chi connectivity index (χ4v) is 1.45. The zero-order chi connectivity index (χ0) is 8.43. The van der Waals surface area contributed by atoms with Crippen LogP contribution in [0, 0.1) is 0 Å². The van der Waals surface area contributed by atoms with Gasteiger partial charge in [0.05, 0.1) is 0 Å². The molecular formula is C8H10Cl3N. The molecule has 1 unspecified atom stereocenters. The maximum Gasteiger partial charge on any atom is 0.0468 e. The standard InChI is InChI=1S/C8H9Cl2N.ClH/c1-5(11)7-3-2-6(9)4-8(7)10;/h2-5H,11H2,1H3;1H. The molecule has 0 fully saturated rings. The van der Waals surface area contributed by atoms with Gasteiger partial charge in [0.1, 0.15) is 0 Å². The van der Waals surface area contributed by atoms with Gasteiger partial charge in [0, 0.05) is 16.1 Å². The van der Waals surface area contributed by atoms with Gasteiger partial charge >= 0.3 is 0 Å². The van der Waals surface area contributed by atoms with Gasteiger partial charge in [-0.05, 0) is 24.6 Å². The van der Waals surface area contributed by atoms with Crippen molar-refractivity contribution < 1.29 is 0 Å². The Morgan fingerprint density at radius 3 is 2.33 bits per heavy atom. The summed E-state index contributed by atoms with van der Waals surface area (Å²) in [6, 6.07) is 5.28. The van der Waals surface area contributed by atoms with Crippen molar-refractivity contribution in [2.45, 2.75) is 13.0 Å². The highest BCUT2D eigenvalue weighted by Crippen LogP contribution is 2.24.